The molecule has 0 atom stereocenters. The van der Waals surface area contributed by atoms with Crippen LogP contribution in [0.3, 0.4) is 0 Å². The van der Waals surface area contributed by atoms with Crippen LogP contribution in [0.5, 0.6) is 0 Å². The van der Waals surface area contributed by atoms with Gasteiger partial charge in [0.25, 0.3) is 0 Å². The van der Waals surface area contributed by atoms with E-state index in [1.54, 1.807) is 24.5 Å². The van der Waals surface area contributed by atoms with E-state index in [4.69, 9.17) is 9.15 Å². The number of nitrogens with zero attached hydrogens (tertiary/aromatic N) is 1. The van der Waals surface area contributed by atoms with Crippen molar-refractivity contribution >= 4 is 17.9 Å². The zero-order valence-corrected chi connectivity index (χ0v) is 11.9. The second-order valence-electron chi connectivity index (χ2n) is 5.13. The number of hydrogen-bond acceptors (Lipinski definition) is 4. The van der Waals surface area contributed by atoms with Gasteiger partial charge in [-0.2, -0.15) is 0 Å². The first-order valence-electron chi connectivity index (χ1n) is 6.80. The molecule has 106 valence electrons. The zero-order valence-electron chi connectivity index (χ0n) is 11.9. The molecule has 4 heteroatoms. The largest absolute Gasteiger partial charge is 0.465 e. The molecule has 0 unspecified atom stereocenters. The van der Waals surface area contributed by atoms with E-state index in [1.807, 2.05) is 24.3 Å². The highest BCUT2D eigenvalue weighted by Crippen LogP contribution is 2.21. The maximum absolute atomic E-state index is 11.8. The first kappa shape index (κ1) is 13.4. The molecular formula is C17H15NO3. The second-order valence-corrected chi connectivity index (χ2v) is 5.13. The summed E-state index contributed by atoms with van der Waals surface area (Å²) >= 11 is 0. The molecule has 1 aromatic heterocycles. The first-order chi connectivity index (χ1) is 10.1. The molecule has 0 N–H and O–H groups in total. The van der Waals surface area contributed by atoms with E-state index in [1.165, 1.54) is 5.56 Å². The Kier molecular flexibility index (Phi) is 3.44. The summed E-state index contributed by atoms with van der Waals surface area (Å²) in [6, 6.07) is 11.4. The molecule has 1 aliphatic heterocycles. The Morgan fingerprint density at radius 1 is 1.14 bits per heavy atom. The molecule has 0 bridgehead atoms. The number of benzene rings is 1. The summed E-state index contributed by atoms with van der Waals surface area (Å²) in [4.78, 5) is 16.0. The lowest BCUT2D eigenvalue weighted by Crippen LogP contribution is -2.05. The third-order valence-electron chi connectivity index (χ3n) is 3.27. The van der Waals surface area contributed by atoms with E-state index < -0.39 is 5.97 Å². The quantitative estimate of drug-likeness (QED) is 0.636. The van der Waals surface area contributed by atoms with Crippen molar-refractivity contribution in [2.75, 3.05) is 0 Å². The fraction of sp³-hybridized carbons (Fsp3) is 0.176. The third kappa shape index (κ3) is 2.79. The van der Waals surface area contributed by atoms with E-state index >= 15 is 0 Å². The summed E-state index contributed by atoms with van der Waals surface area (Å²) in [5, 5.41) is 0. The summed E-state index contributed by atoms with van der Waals surface area (Å²) in [5.74, 6) is 0.895. The van der Waals surface area contributed by atoms with Gasteiger partial charge in [0.15, 0.2) is 5.70 Å². The monoisotopic (exact) mass is 281 g/mol. The summed E-state index contributed by atoms with van der Waals surface area (Å²) < 4.78 is 10.4. The number of hydrogen-bond donors (Lipinski definition) is 0. The molecule has 4 nitrogen and oxygen atoms in total. The summed E-state index contributed by atoms with van der Waals surface area (Å²) in [7, 11) is 0. The van der Waals surface area contributed by atoms with Crippen molar-refractivity contribution in [1.82, 2.24) is 0 Å². The zero-order chi connectivity index (χ0) is 14.8. The maximum Gasteiger partial charge on any atom is 0.363 e. The van der Waals surface area contributed by atoms with Gasteiger partial charge in [-0.1, -0.05) is 26.0 Å². The van der Waals surface area contributed by atoms with Crippen molar-refractivity contribution in [3.8, 4) is 0 Å². The predicted octanol–water partition coefficient (Wildman–Crippen LogP) is 3.75. The minimum atomic E-state index is -0.464. The van der Waals surface area contributed by atoms with Gasteiger partial charge in [-0.3, -0.25) is 0 Å². The van der Waals surface area contributed by atoms with Crippen molar-refractivity contribution in [1.29, 1.82) is 0 Å². The van der Waals surface area contributed by atoms with Crippen molar-refractivity contribution in [3.63, 3.8) is 0 Å². The molecule has 0 saturated carbocycles. The predicted molar refractivity (Wildman–Crippen MR) is 79.8 cm³/mol. The van der Waals surface area contributed by atoms with Crippen LogP contribution in [0.4, 0.5) is 0 Å². The van der Waals surface area contributed by atoms with Crippen LogP contribution in [-0.2, 0) is 9.53 Å². The van der Waals surface area contributed by atoms with Crippen LogP contribution in [0.15, 0.2) is 57.8 Å². The number of furan rings is 1. The minimum absolute atomic E-state index is 0.243. The highest BCUT2D eigenvalue weighted by Gasteiger charge is 2.24. The van der Waals surface area contributed by atoms with Crippen LogP contribution in [0, 0.1) is 0 Å². The topological polar surface area (TPSA) is 51.8 Å². The van der Waals surface area contributed by atoms with Gasteiger partial charge in [0.05, 0.1) is 6.26 Å². The van der Waals surface area contributed by atoms with Crippen molar-refractivity contribution in [2.24, 2.45) is 4.99 Å². The van der Waals surface area contributed by atoms with Crippen molar-refractivity contribution in [2.45, 2.75) is 19.8 Å². The Labute approximate surface area is 122 Å². The van der Waals surface area contributed by atoms with Gasteiger partial charge in [-0.15, -0.1) is 0 Å². The summed E-state index contributed by atoms with van der Waals surface area (Å²) in [5.41, 5.74) is 2.26. The maximum atomic E-state index is 11.8. The Hall–Kier alpha value is -2.62. The number of carbonyl (C=O) groups is 1. The molecule has 2 aromatic rings. The van der Waals surface area contributed by atoms with Gasteiger partial charge in [-0.05, 0) is 35.7 Å². The molecule has 0 aliphatic carbocycles. The van der Waals surface area contributed by atoms with Gasteiger partial charge < -0.3 is 9.15 Å². The average Bonchev–Trinajstić information content (AvgIpc) is 3.10. The number of esters is 1. The van der Waals surface area contributed by atoms with Crippen LogP contribution < -0.4 is 0 Å². The lowest BCUT2D eigenvalue weighted by atomic mass is 10.0. The molecule has 0 saturated heterocycles. The molecular weight excluding hydrogens is 266 g/mol. The molecule has 3 rings (SSSR count). The fourth-order valence-corrected chi connectivity index (χ4v) is 2.05. The lowest BCUT2D eigenvalue weighted by molar-refractivity contribution is -0.129. The van der Waals surface area contributed by atoms with Gasteiger partial charge in [-0.25, -0.2) is 9.79 Å². The average molecular weight is 281 g/mol. The highest BCUT2D eigenvalue weighted by molar-refractivity contribution is 6.12. The number of aliphatic imine (C=N–C) groups is 1. The van der Waals surface area contributed by atoms with Crippen LogP contribution in [-0.4, -0.2) is 11.9 Å². The molecule has 0 amide bonds. The normalized spacial score (nSPS) is 16.4. The Balaban J connectivity index is 1.88. The van der Waals surface area contributed by atoms with Gasteiger partial charge >= 0.3 is 5.97 Å². The fourth-order valence-electron chi connectivity index (χ4n) is 2.05. The molecule has 0 spiro atoms. The van der Waals surface area contributed by atoms with Crippen molar-refractivity contribution < 1.29 is 13.9 Å². The smallest absolute Gasteiger partial charge is 0.363 e. The van der Waals surface area contributed by atoms with E-state index in [0.717, 1.165) is 5.56 Å². The number of cyclic esters (lactones) is 1. The van der Waals surface area contributed by atoms with Crippen LogP contribution in [0.25, 0.3) is 6.08 Å². The lowest BCUT2D eigenvalue weighted by Gasteiger charge is -2.05. The Morgan fingerprint density at radius 3 is 2.52 bits per heavy atom. The minimum Gasteiger partial charge on any atom is -0.465 e. The number of carbonyl (C=O) groups excluding carboxylic acids is 1. The van der Waals surface area contributed by atoms with Crippen molar-refractivity contribution in [3.05, 3.63) is 65.2 Å². The molecule has 0 radical (unpaired) electrons. The van der Waals surface area contributed by atoms with Gasteiger partial charge in [0.2, 0.25) is 5.90 Å². The van der Waals surface area contributed by atoms with Gasteiger partial charge in [0.1, 0.15) is 5.76 Å². The third-order valence-corrected chi connectivity index (χ3v) is 3.27. The molecule has 1 aliphatic rings. The van der Waals surface area contributed by atoms with E-state index in [9.17, 15) is 4.79 Å². The number of rotatable bonds is 3. The Morgan fingerprint density at radius 2 is 1.90 bits per heavy atom. The van der Waals surface area contributed by atoms with Gasteiger partial charge in [0, 0.05) is 11.6 Å². The number of ether oxygens (including phenoxy) is 1. The van der Waals surface area contributed by atoms with Crippen LogP contribution in [0.1, 0.15) is 36.7 Å². The summed E-state index contributed by atoms with van der Waals surface area (Å²) in [6.07, 6.45) is 3.11. The van der Waals surface area contributed by atoms with E-state index in [-0.39, 0.29) is 5.70 Å². The molecule has 21 heavy (non-hydrogen) atoms. The van der Waals surface area contributed by atoms with Crippen LogP contribution in [0.2, 0.25) is 0 Å². The SMILES string of the molecule is CC(C)c1ccc(C2=N/C(=C\c3ccco3)C(=O)O2)cc1. The molecule has 2 heterocycles. The first-order valence-corrected chi connectivity index (χ1v) is 6.80. The second kappa shape index (κ2) is 5.40. The Bertz CT molecular complexity index is 707. The highest BCUT2D eigenvalue weighted by atomic mass is 16.6. The standard InChI is InChI=1S/C17H15NO3/c1-11(2)12-5-7-13(8-6-12)16-18-15(17(19)21-16)10-14-4-3-9-20-14/h3-11H,1-2H3/b15-10-. The van der Waals surface area contributed by atoms with E-state index in [2.05, 4.69) is 18.8 Å². The molecule has 0 fully saturated rings. The van der Waals surface area contributed by atoms with E-state index in [0.29, 0.717) is 17.6 Å². The molecule has 1 aromatic carbocycles. The van der Waals surface area contributed by atoms with Crippen LogP contribution >= 0.6 is 0 Å². The summed E-state index contributed by atoms with van der Waals surface area (Å²) in [6.45, 7) is 4.26.